The Labute approximate surface area is 240 Å². The van der Waals surface area contributed by atoms with Crippen LogP contribution in [0, 0.1) is 0 Å². The lowest BCUT2D eigenvalue weighted by molar-refractivity contribution is -0.137. The molecule has 0 aliphatic rings. The molecule has 0 radical (unpaired) electrons. The Kier molecular flexibility index (Phi) is 11.5. The summed E-state index contributed by atoms with van der Waals surface area (Å²) in [5.41, 5.74) is 3.46. The Hall–Kier alpha value is -3.48. The molecule has 1 atom stereocenters. The molecule has 0 heterocycles. The lowest BCUT2D eigenvalue weighted by Crippen LogP contribution is -2.30. The second-order valence-electron chi connectivity index (χ2n) is 9.69. The van der Waals surface area contributed by atoms with E-state index in [1.807, 2.05) is 30.3 Å². The van der Waals surface area contributed by atoms with Crippen LogP contribution in [-0.2, 0) is 19.2 Å². The van der Waals surface area contributed by atoms with Crippen LogP contribution in [0.2, 0.25) is 0 Å². The first-order chi connectivity index (χ1) is 18.8. The van der Waals surface area contributed by atoms with Gasteiger partial charge in [0.25, 0.3) is 0 Å². The number of ether oxygens (including phenoxy) is 2. The van der Waals surface area contributed by atoms with Gasteiger partial charge in [0, 0.05) is 12.0 Å². The second kappa shape index (κ2) is 14.8. The van der Waals surface area contributed by atoms with E-state index >= 15 is 0 Å². The quantitative estimate of drug-likeness (QED) is 0.186. The molecule has 0 saturated carbocycles. The van der Waals surface area contributed by atoms with Crippen LogP contribution >= 0.6 is 12.4 Å². The van der Waals surface area contributed by atoms with Gasteiger partial charge in [-0.15, -0.1) is 12.4 Å². The zero-order chi connectivity index (χ0) is 27.7. The summed E-state index contributed by atoms with van der Waals surface area (Å²) in [6.07, 6.45) is -2.61. The molecule has 4 rings (SSSR count). The van der Waals surface area contributed by atoms with Crippen LogP contribution in [0.3, 0.4) is 0 Å². The average Bonchev–Trinajstić information content (AvgIpc) is 2.95. The zero-order valence-electron chi connectivity index (χ0n) is 22.7. The lowest BCUT2D eigenvalue weighted by Gasteiger charge is -2.21. The predicted octanol–water partition coefficient (Wildman–Crippen LogP) is 8.46. The number of rotatable bonds is 12. The normalized spacial score (nSPS) is 12.1. The molecule has 0 fully saturated rings. The van der Waals surface area contributed by atoms with E-state index in [-0.39, 0.29) is 25.1 Å². The van der Waals surface area contributed by atoms with Gasteiger partial charge in [0.1, 0.15) is 6.61 Å². The van der Waals surface area contributed by atoms with E-state index < -0.39 is 11.7 Å². The van der Waals surface area contributed by atoms with Crippen molar-refractivity contribution in [2.75, 3.05) is 13.7 Å². The van der Waals surface area contributed by atoms with Gasteiger partial charge in [-0.3, -0.25) is 0 Å². The number of alkyl halides is 3. The number of benzene rings is 4. The van der Waals surface area contributed by atoms with Gasteiger partial charge in [0.15, 0.2) is 11.5 Å². The van der Waals surface area contributed by atoms with E-state index in [9.17, 15) is 13.2 Å². The third-order valence-electron chi connectivity index (χ3n) is 6.75. The summed E-state index contributed by atoms with van der Waals surface area (Å²) in [5, 5.41) is 3.65. The molecule has 0 bridgehead atoms. The van der Waals surface area contributed by atoms with E-state index in [0.29, 0.717) is 23.0 Å². The van der Waals surface area contributed by atoms with Crippen LogP contribution in [0.5, 0.6) is 11.5 Å². The molecule has 40 heavy (non-hydrogen) atoms. The number of nitrogens with one attached hydrogen (secondary N) is 1. The molecule has 4 aromatic rings. The molecule has 0 amide bonds. The minimum atomic E-state index is -4.38. The van der Waals surface area contributed by atoms with Crippen molar-refractivity contribution in [1.82, 2.24) is 5.32 Å². The first kappa shape index (κ1) is 31.1. The molecule has 4 aromatic carbocycles. The van der Waals surface area contributed by atoms with Crippen LogP contribution in [-0.4, -0.2) is 19.7 Å². The van der Waals surface area contributed by atoms with Gasteiger partial charge in [0.2, 0.25) is 0 Å². The van der Waals surface area contributed by atoms with Crippen LogP contribution in [0.15, 0.2) is 103 Å². The highest BCUT2D eigenvalue weighted by Gasteiger charge is 2.30. The van der Waals surface area contributed by atoms with Crippen molar-refractivity contribution in [1.29, 1.82) is 0 Å². The molecule has 7 heteroatoms. The smallest absolute Gasteiger partial charge is 0.416 e. The Morgan fingerprint density at radius 1 is 0.750 bits per heavy atom. The summed E-state index contributed by atoms with van der Waals surface area (Å²) in [7, 11) is 1.56. The minimum Gasteiger partial charge on any atom is -0.493 e. The molecule has 0 aliphatic carbocycles. The highest BCUT2D eigenvalue weighted by atomic mass is 35.5. The third kappa shape index (κ3) is 8.77. The predicted molar refractivity (Wildman–Crippen MR) is 157 cm³/mol. The summed E-state index contributed by atoms with van der Waals surface area (Å²) in [4.78, 5) is 0. The highest BCUT2D eigenvalue weighted by Crippen LogP contribution is 2.32. The molecule has 1 unspecified atom stereocenters. The summed E-state index contributed by atoms with van der Waals surface area (Å²) in [5.74, 6) is 1.37. The molecular weight excluding hydrogens is 535 g/mol. The van der Waals surface area contributed by atoms with Crippen LogP contribution in [0.1, 0.15) is 47.1 Å². The largest absolute Gasteiger partial charge is 0.493 e. The Bertz CT molecular complexity index is 1280. The Morgan fingerprint density at radius 3 is 2.00 bits per heavy atom. The third-order valence-corrected chi connectivity index (χ3v) is 6.75. The number of halogens is 4. The fourth-order valence-electron chi connectivity index (χ4n) is 4.75. The molecule has 0 aromatic heterocycles. The topological polar surface area (TPSA) is 30.5 Å². The van der Waals surface area contributed by atoms with Crippen molar-refractivity contribution in [2.45, 2.75) is 44.5 Å². The Balaban J connectivity index is 0.00000441. The van der Waals surface area contributed by atoms with Gasteiger partial charge in [-0.1, -0.05) is 78.9 Å². The van der Waals surface area contributed by atoms with Crippen molar-refractivity contribution < 1.29 is 22.6 Å². The van der Waals surface area contributed by atoms with E-state index in [2.05, 4.69) is 60.8 Å². The summed E-state index contributed by atoms with van der Waals surface area (Å²) >= 11 is 0. The van der Waals surface area contributed by atoms with Crippen molar-refractivity contribution in [2.24, 2.45) is 0 Å². The van der Waals surface area contributed by atoms with Crippen molar-refractivity contribution in [3.8, 4) is 11.5 Å². The average molecular weight is 570 g/mol. The van der Waals surface area contributed by atoms with Gasteiger partial charge in [-0.05, 0) is 72.8 Å². The maximum atomic E-state index is 13.0. The summed E-state index contributed by atoms with van der Waals surface area (Å²) in [6, 6.07) is 32.3. The summed E-state index contributed by atoms with van der Waals surface area (Å²) < 4.78 is 50.3. The fourth-order valence-corrected chi connectivity index (χ4v) is 4.75. The molecule has 0 spiro atoms. The molecule has 0 saturated heterocycles. The maximum absolute atomic E-state index is 13.0. The van der Waals surface area contributed by atoms with Gasteiger partial charge in [-0.25, -0.2) is 0 Å². The molecular formula is C33H35ClF3NO2. The lowest BCUT2D eigenvalue weighted by atomic mass is 9.88. The standard InChI is InChI=1S/C33H34F3NO2.ClH/c1-24(37-19-18-30(27-11-5-3-6-12-27)28-13-7-4-8-14-28)20-25-16-17-31(32(22-25)38-2)39-23-26-10-9-15-29(21-26)33(34,35)36;/h3-17,21-22,24,30,37H,18-20,23H2,1-2H3;1H. The first-order valence-electron chi connectivity index (χ1n) is 13.1. The van der Waals surface area contributed by atoms with Gasteiger partial charge < -0.3 is 14.8 Å². The maximum Gasteiger partial charge on any atom is 0.416 e. The van der Waals surface area contributed by atoms with E-state index in [1.54, 1.807) is 13.2 Å². The van der Waals surface area contributed by atoms with Crippen LogP contribution < -0.4 is 14.8 Å². The number of methoxy groups -OCH3 is 1. The van der Waals surface area contributed by atoms with E-state index in [0.717, 1.165) is 37.1 Å². The SMILES string of the molecule is COc1cc(CC(C)NCCC(c2ccccc2)c2ccccc2)ccc1OCc1cccc(C(F)(F)F)c1.Cl. The van der Waals surface area contributed by atoms with Crippen molar-refractivity contribution in [3.05, 3.63) is 131 Å². The molecule has 1 N–H and O–H groups in total. The molecule has 0 aliphatic heterocycles. The van der Waals surface area contributed by atoms with Gasteiger partial charge in [-0.2, -0.15) is 13.2 Å². The summed E-state index contributed by atoms with van der Waals surface area (Å²) in [6.45, 7) is 3.04. The second-order valence-corrected chi connectivity index (χ2v) is 9.69. The zero-order valence-corrected chi connectivity index (χ0v) is 23.5. The fraction of sp³-hybridized carbons (Fsp3) is 0.273. The minimum absolute atomic E-state index is 0. The Morgan fingerprint density at radius 2 is 1.40 bits per heavy atom. The monoisotopic (exact) mass is 569 g/mol. The van der Waals surface area contributed by atoms with Crippen molar-refractivity contribution >= 4 is 12.4 Å². The first-order valence-corrected chi connectivity index (χ1v) is 13.1. The highest BCUT2D eigenvalue weighted by molar-refractivity contribution is 5.85. The van der Waals surface area contributed by atoms with Crippen LogP contribution in [0.25, 0.3) is 0 Å². The van der Waals surface area contributed by atoms with E-state index in [4.69, 9.17) is 9.47 Å². The number of hydrogen-bond donors (Lipinski definition) is 1. The number of hydrogen-bond acceptors (Lipinski definition) is 3. The van der Waals surface area contributed by atoms with Gasteiger partial charge >= 0.3 is 6.18 Å². The van der Waals surface area contributed by atoms with Crippen LogP contribution in [0.4, 0.5) is 13.2 Å². The van der Waals surface area contributed by atoms with Gasteiger partial charge in [0.05, 0.1) is 12.7 Å². The molecule has 212 valence electrons. The van der Waals surface area contributed by atoms with Crippen molar-refractivity contribution in [3.63, 3.8) is 0 Å². The van der Waals surface area contributed by atoms with E-state index in [1.165, 1.54) is 17.2 Å². The molecule has 3 nitrogen and oxygen atoms in total.